The van der Waals surface area contributed by atoms with Gasteiger partial charge in [0, 0.05) is 36.0 Å². The molecule has 1 aromatic heterocycles. The zero-order chi connectivity index (χ0) is 23.6. The van der Waals surface area contributed by atoms with Gasteiger partial charge in [-0.2, -0.15) is 13.2 Å². The van der Waals surface area contributed by atoms with Crippen LogP contribution in [0.5, 0.6) is 0 Å². The van der Waals surface area contributed by atoms with Gasteiger partial charge in [0.2, 0.25) is 0 Å². The van der Waals surface area contributed by atoms with E-state index in [2.05, 4.69) is 9.97 Å². The average Bonchev–Trinajstić information content (AvgIpc) is 2.78. The number of ether oxygens (including phenoxy) is 1. The van der Waals surface area contributed by atoms with Crippen LogP contribution in [0.15, 0.2) is 60.9 Å². The molecule has 0 atom stereocenters. The van der Waals surface area contributed by atoms with Crippen LogP contribution in [-0.4, -0.2) is 17.1 Å². The lowest BCUT2D eigenvalue weighted by Crippen LogP contribution is -2.08. The van der Waals surface area contributed by atoms with Gasteiger partial charge in [-0.3, -0.25) is 0 Å². The first-order valence-corrected chi connectivity index (χ1v) is 10.1. The number of alkyl halides is 3. The van der Waals surface area contributed by atoms with Crippen molar-refractivity contribution in [1.29, 1.82) is 0 Å². The summed E-state index contributed by atoms with van der Waals surface area (Å²) in [6.07, 6.45) is -0.980. The minimum Gasteiger partial charge on any atom is -0.380 e. The molecule has 8 heteroatoms. The minimum atomic E-state index is -4.75. The van der Waals surface area contributed by atoms with Gasteiger partial charge in [-0.15, -0.1) is 0 Å². The van der Waals surface area contributed by atoms with Gasteiger partial charge in [0.25, 0.3) is 0 Å². The van der Waals surface area contributed by atoms with Gasteiger partial charge in [-0.1, -0.05) is 30.3 Å². The fourth-order valence-electron chi connectivity index (χ4n) is 3.64. The number of hydrogen-bond donors (Lipinski definition) is 0. The maximum Gasteiger partial charge on any atom is 0.419 e. The van der Waals surface area contributed by atoms with Crippen LogP contribution in [0.1, 0.15) is 22.3 Å². The molecule has 0 spiro atoms. The maximum atomic E-state index is 15.1. The van der Waals surface area contributed by atoms with Crippen LogP contribution in [0.2, 0.25) is 0 Å². The van der Waals surface area contributed by atoms with Gasteiger partial charge in [0.05, 0.1) is 12.2 Å². The highest BCUT2D eigenvalue weighted by molar-refractivity contribution is 5.87. The van der Waals surface area contributed by atoms with E-state index in [1.165, 1.54) is 6.07 Å². The van der Waals surface area contributed by atoms with Gasteiger partial charge in [0.15, 0.2) is 5.82 Å². The number of methoxy groups -OCH3 is 1. The zero-order valence-corrected chi connectivity index (χ0v) is 17.6. The first-order valence-electron chi connectivity index (χ1n) is 10.1. The molecule has 1 heterocycles. The van der Waals surface area contributed by atoms with Crippen molar-refractivity contribution < 1.29 is 26.7 Å². The van der Waals surface area contributed by atoms with E-state index in [1.807, 2.05) is 0 Å². The summed E-state index contributed by atoms with van der Waals surface area (Å²) in [7, 11) is 1.59. The Hall–Kier alpha value is -3.39. The molecule has 4 aromatic rings. The Kier molecular flexibility index (Phi) is 6.37. The highest BCUT2D eigenvalue weighted by atomic mass is 19.4. The molecule has 0 aliphatic rings. The van der Waals surface area contributed by atoms with E-state index in [4.69, 9.17) is 4.74 Å². The van der Waals surface area contributed by atoms with Crippen molar-refractivity contribution in [2.24, 2.45) is 0 Å². The fourth-order valence-corrected chi connectivity index (χ4v) is 3.64. The van der Waals surface area contributed by atoms with Gasteiger partial charge in [-0.05, 0) is 47.6 Å². The van der Waals surface area contributed by atoms with Gasteiger partial charge >= 0.3 is 6.18 Å². The number of aromatic nitrogens is 2. The minimum absolute atomic E-state index is 0.206. The normalized spacial score (nSPS) is 11.8. The number of fused-ring (bicyclic) bond motifs is 1. The first-order chi connectivity index (χ1) is 15.8. The summed E-state index contributed by atoms with van der Waals surface area (Å²) in [6.45, 7) is 0.408. The van der Waals surface area contributed by atoms with Crippen molar-refractivity contribution in [2.45, 2.75) is 25.6 Å². The van der Waals surface area contributed by atoms with Crippen molar-refractivity contribution >= 4 is 10.8 Å². The topological polar surface area (TPSA) is 35.0 Å². The molecule has 4 rings (SSSR count). The van der Waals surface area contributed by atoms with E-state index in [9.17, 15) is 17.6 Å². The summed E-state index contributed by atoms with van der Waals surface area (Å²) in [4.78, 5) is 8.64. The molecule has 0 saturated carbocycles. The van der Waals surface area contributed by atoms with E-state index >= 15 is 4.39 Å². The number of rotatable bonds is 6. The predicted molar refractivity (Wildman–Crippen MR) is 114 cm³/mol. The Morgan fingerprint density at radius 1 is 0.848 bits per heavy atom. The second-order valence-corrected chi connectivity index (χ2v) is 7.63. The molecule has 0 bridgehead atoms. The highest BCUT2D eigenvalue weighted by Gasteiger charge is 2.33. The van der Waals surface area contributed by atoms with Gasteiger partial charge < -0.3 is 4.74 Å². The van der Waals surface area contributed by atoms with E-state index in [1.54, 1.807) is 49.8 Å². The first kappa shape index (κ1) is 22.8. The van der Waals surface area contributed by atoms with E-state index in [0.717, 1.165) is 17.2 Å². The predicted octanol–water partition coefficient (Wildman–Crippen LogP) is 6.53. The van der Waals surface area contributed by atoms with Crippen LogP contribution >= 0.6 is 0 Å². The number of hydrogen-bond acceptors (Lipinski definition) is 3. The van der Waals surface area contributed by atoms with Gasteiger partial charge in [0.1, 0.15) is 11.6 Å². The summed E-state index contributed by atoms with van der Waals surface area (Å²) >= 11 is 0. The molecule has 0 saturated heterocycles. The number of nitrogens with zero attached hydrogens (tertiary/aromatic N) is 2. The van der Waals surface area contributed by atoms with E-state index < -0.39 is 23.4 Å². The van der Waals surface area contributed by atoms with Crippen LogP contribution in [0, 0.1) is 11.6 Å². The smallest absolute Gasteiger partial charge is 0.380 e. The Morgan fingerprint density at radius 2 is 1.61 bits per heavy atom. The lowest BCUT2D eigenvalue weighted by atomic mass is 9.98. The number of aryl methyl sites for hydroxylation is 2. The van der Waals surface area contributed by atoms with E-state index in [0.29, 0.717) is 40.4 Å². The second kappa shape index (κ2) is 9.23. The summed E-state index contributed by atoms with van der Waals surface area (Å²) in [5.41, 5.74) is 1.03. The van der Waals surface area contributed by atoms with Crippen LogP contribution in [-0.2, 0) is 30.4 Å². The largest absolute Gasteiger partial charge is 0.419 e. The SMILES string of the molecule is COCc1cnc(-c2ccc3c(F)c(CCc4ccc(C(F)(F)F)c(F)c4)ccc3c2)nc1. The molecule has 170 valence electrons. The van der Waals surface area contributed by atoms with Crippen LogP contribution < -0.4 is 0 Å². The van der Waals surface area contributed by atoms with Crippen molar-refractivity contribution in [3.63, 3.8) is 0 Å². The molecule has 0 unspecified atom stereocenters. The second-order valence-electron chi connectivity index (χ2n) is 7.63. The quantitative estimate of drug-likeness (QED) is 0.308. The van der Waals surface area contributed by atoms with Crippen molar-refractivity contribution in [2.75, 3.05) is 7.11 Å². The molecule has 0 aliphatic carbocycles. The highest BCUT2D eigenvalue weighted by Crippen LogP contribution is 2.32. The lowest BCUT2D eigenvalue weighted by Gasteiger charge is -2.11. The van der Waals surface area contributed by atoms with Crippen molar-refractivity contribution in [3.8, 4) is 11.4 Å². The molecule has 0 aliphatic heterocycles. The molecule has 0 amide bonds. The summed E-state index contributed by atoms with van der Waals surface area (Å²) in [5, 5.41) is 1.07. The Bertz CT molecular complexity index is 1290. The molecule has 0 radical (unpaired) electrons. The third-order valence-corrected chi connectivity index (χ3v) is 5.33. The van der Waals surface area contributed by atoms with Gasteiger partial charge in [-0.25, -0.2) is 18.7 Å². The van der Waals surface area contributed by atoms with Crippen molar-refractivity contribution in [3.05, 3.63) is 94.8 Å². The van der Waals surface area contributed by atoms with Crippen LogP contribution in [0.25, 0.3) is 22.2 Å². The zero-order valence-electron chi connectivity index (χ0n) is 17.6. The standard InChI is InChI=1S/C25H19F5N2O/c1-33-14-16-12-31-24(32-13-16)19-7-8-20-18(11-19)6-5-17(23(20)27)4-2-15-3-9-21(22(26)10-15)25(28,29)30/h3,5-13H,2,4,14H2,1H3. The summed E-state index contributed by atoms with van der Waals surface area (Å²) in [6, 6.07) is 11.3. The Labute approximate surface area is 186 Å². The number of halogens is 5. The monoisotopic (exact) mass is 458 g/mol. The molecular weight excluding hydrogens is 439 g/mol. The van der Waals surface area contributed by atoms with Crippen LogP contribution in [0.3, 0.4) is 0 Å². The molecule has 3 aromatic carbocycles. The molecule has 0 N–H and O–H groups in total. The summed E-state index contributed by atoms with van der Waals surface area (Å²) in [5.74, 6) is -1.24. The maximum absolute atomic E-state index is 15.1. The molecular formula is C25H19F5N2O. The molecule has 33 heavy (non-hydrogen) atoms. The molecule has 3 nitrogen and oxygen atoms in total. The lowest BCUT2D eigenvalue weighted by molar-refractivity contribution is -0.140. The molecule has 0 fully saturated rings. The van der Waals surface area contributed by atoms with E-state index in [-0.39, 0.29) is 12.8 Å². The fraction of sp³-hybridized carbons (Fsp3) is 0.200. The average molecular weight is 458 g/mol. The third kappa shape index (κ3) is 5.01. The Morgan fingerprint density at radius 3 is 2.27 bits per heavy atom. The van der Waals surface area contributed by atoms with Crippen molar-refractivity contribution in [1.82, 2.24) is 9.97 Å². The third-order valence-electron chi connectivity index (χ3n) is 5.33. The summed E-state index contributed by atoms with van der Waals surface area (Å²) < 4.78 is 72.1. The number of benzene rings is 3. The van der Waals surface area contributed by atoms with Crippen LogP contribution in [0.4, 0.5) is 22.0 Å². The Balaban J connectivity index is 1.53.